The van der Waals surface area contributed by atoms with E-state index < -0.39 is 6.10 Å². The molecule has 1 N–H and O–H groups in total. The summed E-state index contributed by atoms with van der Waals surface area (Å²) < 4.78 is 5.90. The summed E-state index contributed by atoms with van der Waals surface area (Å²) in [5, 5.41) is 2.91. The molecule has 1 amide bonds. The second-order valence-electron chi connectivity index (χ2n) is 5.64. The van der Waals surface area contributed by atoms with Crippen LogP contribution in [0.15, 0.2) is 42.5 Å². The smallest absolute Gasteiger partial charge is 0.265 e. The molecule has 0 radical (unpaired) electrons. The second kappa shape index (κ2) is 7.12. The molecule has 3 nitrogen and oxygen atoms in total. The lowest BCUT2D eigenvalue weighted by molar-refractivity contribution is -0.122. The highest BCUT2D eigenvalue weighted by Gasteiger charge is 2.19. The summed E-state index contributed by atoms with van der Waals surface area (Å²) >= 11 is 0. The maximum absolute atomic E-state index is 12.4. The molecule has 0 heterocycles. The van der Waals surface area contributed by atoms with Gasteiger partial charge < -0.3 is 10.1 Å². The van der Waals surface area contributed by atoms with Gasteiger partial charge in [0.1, 0.15) is 5.75 Å². The number of anilines is 1. The molecule has 2 aromatic carbocycles. The van der Waals surface area contributed by atoms with Crippen LogP contribution in [0.1, 0.15) is 30.0 Å². The van der Waals surface area contributed by atoms with Gasteiger partial charge in [0.15, 0.2) is 6.10 Å². The molecular formula is C19H23NO2. The van der Waals surface area contributed by atoms with Crippen LogP contribution < -0.4 is 10.1 Å². The molecule has 1 atom stereocenters. The first-order valence-electron chi connectivity index (χ1n) is 7.61. The molecule has 0 aromatic heterocycles. The third-order valence-corrected chi connectivity index (χ3v) is 3.58. The first-order chi connectivity index (χ1) is 10.5. The van der Waals surface area contributed by atoms with Gasteiger partial charge in [-0.05, 0) is 51.0 Å². The summed E-state index contributed by atoms with van der Waals surface area (Å²) in [6, 6.07) is 13.7. The van der Waals surface area contributed by atoms with Crippen LogP contribution in [0.5, 0.6) is 5.75 Å². The number of ether oxygens (including phenoxy) is 1. The van der Waals surface area contributed by atoms with Crippen LogP contribution in [0.25, 0.3) is 0 Å². The number of benzene rings is 2. The van der Waals surface area contributed by atoms with Crippen LogP contribution in [-0.2, 0) is 4.79 Å². The van der Waals surface area contributed by atoms with Crippen molar-refractivity contribution in [3.05, 3.63) is 59.2 Å². The standard InChI is InChI=1S/C19H23NO2/c1-5-17(22-18-11-8-14(3)12-15(18)4)19(21)20-16-9-6-13(2)7-10-16/h6-12,17H,5H2,1-4H3,(H,20,21). The second-order valence-corrected chi connectivity index (χ2v) is 5.64. The highest BCUT2D eigenvalue weighted by atomic mass is 16.5. The molecule has 3 heteroatoms. The zero-order valence-corrected chi connectivity index (χ0v) is 13.6. The molecule has 2 rings (SSSR count). The van der Waals surface area contributed by atoms with Gasteiger partial charge in [0, 0.05) is 5.69 Å². The van der Waals surface area contributed by atoms with E-state index in [0.29, 0.717) is 6.42 Å². The largest absolute Gasteiger partial charge is 0.480 e. The molecule has 0 aliphatic rings. The summed E-state index contributed by atoms with van der Waals surface area (Å²) in [7, 11) is 0. The minimum absolute atomic E-state index is 0.119. The van der Waals surface area contributed by atoms with Crippen LogP contribution in [0, 0.1) is 20.8 Å². The van der Waals surface area contributed by atoms with Crippen molar-refractivity contribution in [2.45, 2.75) is 40.2 Å². The summed E-state index contributed by atoms with van der Waals surface area (Å²) in [5.41, 5.74) is 4.18. The van der Waals surface area contributed by atoms with E-state index in [2.05, 4.69) is 11.4 Å². The molecule has 0 spiro atoms. The maximum Gasteiger partial charge on any atom is 0.265 e. The Bertz CT molecular complexity index is 647. The Labute approximate surface area is 132 Å². The predicted octanol–water partition coefficient (Wildman–Crippen LogP) is 4.41. The highest BCUT2D eigenvalue weighted by molar-refractivity contribution is 5.94. The molecule has 0 saturated heterocycles. The van der Waals surface area contributed by atoms with Crippen molar-refractivity contribution in [1.29, 1.82) is 0 Å². The summed E-state index contributed by atoms with van der Waals surface area (Å²) in [4.78, 5) is 12.4. The molecule has 0 aliphatic heterocycles. The van der Waals surface area contributed by atoms with Crippen molar-refractivity contribution in [1.82, 2.24) is 0 Å². The van der Waals surface area contributed by atoms with E-state index in [1.165, 1.54) is 5.56 Å². The molecule has 22 heavy (non-hydrogen) atoms. The number of amides is 1. The Morgan fingerprint density at radius 2 is 1.68 bits per heavy atom. The van der Waals surface area contributed by atoms with Crippen LogP contribution in [0.3, 0.4) is 0 Å². The lowest BCUT2D eigenvalue weighted by atomic mass is 10.1. The van der Waals surface area contributed by atoms with Crippen molar-refractivity contribution in [2.75, 3.05) is 5.32 Å². The lowest BCUT2D eigenvalue weighted by Crippen LogP contribution is -2.32. The number of aryl methyl sites for hydroxylation is 3. The zero-order valence-electron chi connectivity index (χ0n) is 13.6. The van der Waals surface area contributed by atoms with Crippen molar-refractivity contribution >= 4 is 11.6 Å². The minimum Gasteiger partial charge on any atom is -0.480 e. The summed E-state index contributed by atoms with van der Waals surface area (Å²) in [6.45, 7) is 8.00. The first-order valence-corrected chi connectivity index (χ1v) is 7.61. The molecule has 0 fully saturated rings. The van der Waals surface area contributed by atoms with Gasteiger partial charge in [0.25, 0.3) is 5.91 Å². The van der Waals surface area contributed by atoms with Crippen LogP contribution >= 0.6 is 0 Å². The van der Waals surface area contributed by atoms with Gasteiger partial charge in [-0.15, -0.1) is 0 Å². The summed E-state index contributed by atoms with van der Waals surface area (Å²) in [5.74, 6) is 0.642. The van der Waals surface area contributed by atoms with Crippen LogP contribution in [0.2, 0.25) is 0 Å². The Hall–Kier alpha value is -2.29. The minimum atomic E-state index is -0.497. The molecule has 116 valence electrons. The molecule has 0 bridgehead atoms. The lowest BCUT2D eigenvalue weighted by Gasteiger charge is -2.19. The average molecular weight is 297 g/mol. The normalized spacial score (nSPS) is 11.8. The zero-order chi connectivity index (χ0) is 16.1. The van der Waals surface area contributed by atoms with Crippen LogP contribution in [0.4, 0.5) is 5.69 Å². The number of carbonyl (C=O) groups excluding carboxylic acids is 1. The topological polar surface area (TPSA) is 38.3 Å². The fourth-order valence-electron chi connectivity index (χ4n) is 2.27. The highest BCUT2D eigenvalue weighted by Crippen LogP contribution is 2.21. The molecule has 1 unspecified atom stereocenters. The fourth-order valence-corrected chi connectivity index (χ4v) is 2.27. The van der Waals surface area contributed by atoms with Gasteiger partial charge in [-0.2, -0.15) is 0 Å². The van der Waals surface area contributed by atoms with Crippen LogP contribution in [-0.4, -0.2) is 12.0 Å². The van der Waals surface area contributed by atoms with Gasteiger partial charge in [-0.1, -0.05) is 42.3 Å². The Morgan fingerprint density at radius 1 is 1.05 bits per heavy atom. The number of hydrogen-bond acceptors (Lipinski definition) is 2. The predicted molar refractivity (Wildman–Crippen MR) is 90.4 cm³/mol. The van der Waals surface area contributed by atoms with E-state index in [0.717, 1.165) is 22.6 Å². The van der Waals surface area contributed by atoms with E-state index in [9.17, 15) is 4.79 Å². The van der Waals surface area contributed by atoms with Gasteiger partial charge in [-0.25, -0.2) is 0 Å². The van der Waals surface area contributed by atoms with E-state index in [4.69, 9.17) is 4.74 Å². The Morgan fingerprint density at radius 3 is 2.27 bits per heavy atom. The fraction of sp³-hybridized carbons (Fsp3) is 0.316. The summed E-state index contributed by atoms with van der Waals surface area (Å²) in [6.07, 6.45) is 0.119. The monoisotopic (exact) mass is 297 g/mol. The third-order valence-electron chi connectivity index (χ3n) is 3.58. The Balaban J connectivity index is 2.07. The number of hydrogen-bond donors (Lipinski definition) is 1. The van der Waals surface area contributed by atoms with Crippen molar-refractivity contribution in [3.8, 4) is 5.75 Å². The van der Waals surface area contributed by atoms with Crippen molar-refractivity contribution < 1.29 is 9.53 Å². The van der Waals surface area contributed by atoms with Gasteiger partial charge in [-0.3, -0.25) is 4.79 Å². The molecule has 0 saturated carbocycles. The quantitative estimate of drug-likeness (QED) is 0.888. The van der Waals surface area contributed by atoms with Gasteiger partial charge in [0.05, 0.1) is 0 Å². The Kier molecular flexibility index (Phi) is 5.21. The maximum atomic E-state index is 12.4. The van der Waals surface area contributed by atoms with E-state index in [1.54, 1.807) is 0 Å². The number of carbonyl (C=O) groups is 1. The van der Waals surface area contributed by atoms with Crippen molar-refractivity contribution in [2.24, 2.45) is 0 Å². The van der Waals surface area contributed by atoms with E-state index in [-0.39, 0.29) is 5.91 Å². The molecular weight excluding hydrogens is 274 g/mol. The molecule has 0 aliphatic carbocycles. The SMILES string of the molecule is CCC(Oc1ccc(C)cc1C)C(=O)Nc1ccc(C)cc1. The van der Waals surface area contributed by atoms with E-state index in [1.807, 2.05) is 64.1 Å². The first kappa shape index (κ1) is 16.1. The van der Waals surface area contributed by atoms with Gasteiger partial charge in [0.2, 0.25) is 0 Å². The number of nitrogens with one attached hydrogen (secondary N) is 1. The third kappa shape index (κ3) is 4.10. The molecule has 2 aromatic rings. The van der Waals surface area contributed by atoms with Crippen molar-refractivity contribution in [3.63, 3.8) is 0 Å². The van der Waals surface area contributed by atoms with E-state index >= 15 is 0 Å². The average Bonchev–Trinajstić information content (AvgIpc) is 2.49. The van der Waals surface area contributed by atoms with Gasteiger partial charge >= 0.3 is 0 Å². The number of rotatable bonds is 5.